The Kier molecular flexibility index (Phi) is 4.69. The SMILES string of the molecule is C=C(CCC)C1(COc2cnc(-c3ccc(C=N)nc3)cn2)CC1. The van der Waals surface area contributed by atoms with Crippen molar-refractivity contribution in [2.24, 2.45) is 5.41 Å². The summed E-state index contributed by atoms with van der Waals surface area (Å²) in [7, 11) is 0. The van der Waals surface area contributed by atoms with Gasteiger partial charge in [0.15, 0.2) is 0 Å². The number of nitrogens with one attached hydrogen (secondary N) is 1. The molecule has 2 heterocycles. The van der Waals surface area contributed by atoms with E-state index in [4.69, 9.17) is 10.1 Å². The van der Waals surface area contributed by atoms with Gasteiger partial charge in [0, 0.05) is 23.4 Å². The van der Waals surface area contributed by atoms with E-state index in [2.05, 4.69) is 28.5 Å². The first-order valence-electron chi connectivity index (χ1n) is 8.27. The van der Waals surface area contributed by atoms with Crippen LogP contribution < -0.4 is 4.74 Å². The monoisotopic (exact) mass is 322 g/mol. The molecular weight excluding hydrogens is 300 g/mol. The van der Waals surface area contributed by atoms with Crippen molar-refractivity contribution in [1.82, 2.24) is 15.0 Å². The molecule has 24 heavy (non-hydrogen) atoms. The van der Waals surface area contributed by atoms with E-state index in [0.717, 1.165) is 36.9 Å². The van der Waals surface area contributed by atoms with Crippen LogP contribution in [-0.2, 0) is 0 Å². The second-order valence-electron chi connectivity index (χ2n) is 6.28. The molecule has 3 rings (SSSR count). The third-order valence-corrected chi connectivity index (χ3v) is 4.51. The molecule has 2 aromatic rings. The molecule has 1 aliphatic carbocycles. The Hall–Kier alpha value is -2.56. The van der Waals surface area contributed by atoms with Crippen LogP contribution in [0.15, 0.2) is 42.9 Å². The molecular formula is C19H22N4O. The van der Waals surface area contributed by atoms with Crippen molar-refractivity contribution in [1.29, 1.82) is 5.41 Å². The van der Waals surface area contributed by atoms with Crippen LogP contribution >= 0.6 is 0 Å². The molecule has 0 aromatic carbocycles. The first-order chi connectivity index (χ1) is 11.7. The van der Waals surface area contributed by atoms with Crippen LogP contribution in [0.25, 0.3) is 11.3 Å². The number of pyridine rings is 1. The molecule has 0 bridgehead atoms. The number of nitrogens with zero attached hydrogens (tertiary/aromatic N) is 3. The topological polar surface area (TPSA) is 71.8 Å². The van der Waals surface area contributed by atoms with Crippen molar-refractivity contribution in [3.05, 3.63) is 48.6 Å². The minimum absolute atomic E-state index is 0.156. The Balaban J connectivity index is 1.62. The van der Waals surface area contributed by atoms with Crippen molar-refractivity contribution in [3.8, 4) is 17.1 Å². The van der Waals surface area contributed by atoms with Gasteiger partial charge in [-0.05, 0) is 31.4 Å². The van der Waals surface area contributed by atoms with E-state index in [1.165, 1.54) is 11.8 Å². The molecule has 0 radical (unpaired) electrons. The van der Waals surface area contributed by atoms with Gasteiger partial charge >= 0.3 is 0 Å². The van der Waals surface area contributed by atoms with Gasteiger partial charge in [0.2, 0.25) is 5.88 Å². The minimum atomic E-state index is 0.156. The molecule has 0 amide bonds. The number of aromatic nitrogens is 3. The molecule has 5 heteroatoms. The molecule has 124 valence electrons. The smallest absolute Gasteiger partial charge is 0.232 e. The summed E-state index contributed by atoms with van der Waals surface area (Å²) in [6.07, 6.45) is 10.7. The summed E-state index contributed by atoms with van der Waals surface area (Å²) < 4.78 is 5.85. The summed E-state index contributed by atoms with van der Waals surface area (Å²) in [5.74, 6) is 0.540. The highest BCUT2D eigenvalue weighted by Crippen LogP contribution is 2.52. The highest BCUT2D eigenvalue weighted by molar-refractivity contribution is 5.74. The van der Waals surface area contributed by atoms with Gasteiger partial charge in [0.05, 0.1) is 30.4 Å². The molecule has 1 fully saturated rings. The van der Waals surface area contributed by atoms with Crippen molar-refractivity contribution >= 4 is 6.21 Å². The van der Waals surface area contributed by atoms with Gasteiger partial charge in [-0.1, -0.05) is 25.5 Å². The van der Waals surface area contributed by atoms with Crippen LogP contribution in [0, 0.1) is 10.8 Å². The largest absolute Gasteiger partial charge is 0.476 e. The van der Waals surface area contributed by atoms with E-state index in [1.807, 2.05) is 6.07 Å². The van der Waals surface area contributed by atoms with E-state index < -0.39 is 0 Å². The van der Waals surface area contributed by atoms with E-state index in [1.54, 1.807) is 24.7 Å². The zero-order valence-corrected chi connectivity index (χ0v) is 14.0. The summed E-state index contributed by atoms with van der Waals surface area (Å²) in [6.45, 7) is 7.03. The number of hydrogen-bond acceptors (Lipinski definition) is 5. The first-order valence-corrected chi connectivity index (χ1v) is 8.27. The second kappa shape index (κ2) is 6.91. The molecule has 5 nitrogen and oxygen atoms in total. The van der Waals surface area contributed by atoms with Crippen molar-refractivity contribution in [3.63, 3.8) is 0 Å². The summed E-state index contributed by atoms with van der Waals surface area (Å²) >= 11 is 0. The molecule has 1 aliphatic rings. The van der Waals surface area contributed by atoms with E-state index >= 15 is 0 Å². The van der Waals surface area contributed by atoms with E-state index in [0.29, 0.717) is 18.2 Å². The van der Waals surface area contributed by atoms with Gasteiger partial charge in [-0.15, -0.1) is 0 Å². The molecule has 0 unspecified atom stereocenters. The average Bonchev–Trinajstić information content (AvgIpc) is 3.42. The lowest BCUT2D eigenvalue weighted by atomic mass is 9.94. The van der Waals surface area contributed by atoms with Gasteiger partial charge < -0.3 is 10.1 Å². The lowest BCUT2D eigenvalue weighted by molar-refractivity contribution is 0.245. The second-order valence-corrected chi connectivity index (χ2v) is 6.28. The fraction of sp³-hybridized carbons (Fsp3) is 0.368. The van der Waals surface area contributed by atoms with Gasteiger partial charge in [0.25, 0.3) is 0 Å². The Labute approximate surface area is 142 Å². The third kappa shape index (κ3) is 3.50. The van der Waals surface area contributed by atoms with Crippen molar-refractivity contribution in [2.75, 3.05) is 6.61 Å². The van der Waals surface area contributed by atoms with Crippen LogP contribution in [0.1, 0.15) is 38.3 Å². The molecule has 1 saturated carbocycles. The van der Waals surface area contributed by atoms with Crippen molar-refractivity contribution < 1.29 is 4.74 Å². The minimum Gasteiger partial charge on any atom is -0.476 e. The third-order valence-electron chi connectivity index (χ3n) is 4.51. The zero-order valence-electron chi connectivity index (χ0n) is 14.0. The van der Waals surface area contributed by atoms with Crippen LogP contribution in [-0.4, -0.2) is 27.8 Å². The fourth-order valence-electron chi connectivity index (χ4n) is 2.71. The first kappa shape index (κ1) is 16.3. The van der Waals surface area contributed by atoms with Crippen LogP contribution in [0.2, 0.25) is 0 Å². The highest BCUT2D eigenvalue weighted by atomic mass is 16.5. The predicted octanol–water partition coefficient (Wildman–Crippen LogP) is 4.05. The summed E-state index contributed by atoms with van der Waals surface area (Å²) in [5.41, 5.74) is 3.68. The average molecular weight is 322 g/mol. The molecule has 1 N–H and O–H groups in total. The summed E-state index contributed by atoms with van der Waals surface area (Å²) in [4.78, 5) is 12.9. The van der Waals surface area contributed by atoms with E-state index in [9.17, 15) is 0 Å². The number of hydrogen-bond donors (Lipinski definition) is 1. The zero-order chi connectivity index (χ0) is 17.0. The maximum Gasteiger partial charge on any atom is 0.232 e. The quantitative estimate of drug-likeness (QED) is 0.588. The summed E-state index contributed by atoms with van der Waals surface area (Å²) in [6, 6.07) is 3.66. The maximum atomic E-state index is 7.17. The van der Waals surface area contributed by atoms with Gasteiger partial charge in [0.1, 0.15) is 0 Å². The fourth-order valence-corrected chi connectivity index (χ4v) is 2.71. The Morgan fingerprint density at radius 3 is 2.62 bits per heavy atom. The lowest BCUT2D eigenvalue weighted by Crippen LogP contribution is -2.16. The Bertz CT molecular complexity index is 718. The van der Waals surface area contributed by atoms with Crippen LogP contribution in [0.5, 0.6) is 5.88 Å². The van der Waals surface area contributed by atoms with Crippen molar-refractivity contribution in [2.45, 2.75) is 32.6 Å². The predicted molar refractivity (Wildman–Crippen MR) is 94.4 cm³/mol. The number of rotatable bonds is 8. The lowest BCUT2D eigenvalue weighted by Gasteiger charge is -2.18. The van der Waals surface area contributed by atoms with Crippen LogP contribution in [0.3, 0.4) is 0 Å². The molecule has 0 aliphatic heterocycles. The van der Waals surface area contributed by atoms with E-state index in [-0.39, 0.29) is 5.41 Å². The molecule has 0 saturated heterocycles. The molecule has 0 spiro atoms. The number of ether oxygens (including phenoxy) is 1. The highest BCUT2D eigenvalue weighted by Gasteiger charge is 2.45. The normalized spacial score (nSPS) is 14.9. The van der Waals surface area contributed by atoms with Gasteiger partial charge in [-0.3, -0.25) is 4.98 Å². The summed E-state index contributed by atoms with van der Waals surface area (Å²) in [5, 5.41) is 7.17. The van der Waals surface area contributed by atoms with Gasteiger partial charge in [-0.25, -0.2) is 9.97 Å². The molecule has 0 atom stereocenters. The Morgan fingerprint density at radius 2 is 2.08 bits per heavy atom. The Morgan fingerprint density at radius 1 is 1.25 bits per heavy atom. The van der Waals surface area contributed by atoms with Crippen LogP contribution in [0.4, 0.5) is 0 Å². The maximum absolute atomic E-state index is 7.17. The molecule has 2 aromatic heterocycles. The van der Waals surface area contributed by atoms with Gasteiger partial charge in [-0.2, -0.15) is 0 Å². The standard InChI is InChI=1S/C19H22N4O/c1-3-4-14(2)19(7-8-19)13-24-18-12-22-17(11-23-18)15-5-6-16(9-20)21-10-15/h5-6,9-12,20H,2-4,7-8,13H2,1H3.